The number of thioether (sulfide) groups is 1. The number of rotatable bonds is 0. The molecular formula is C18H19NOS. The quantitative estimate of drug-likeness (QED) is 0.722. The Morgan fingerprint density at radius 2 is 2.00 bits per heavy atom. The largest absolute Gasteiger partial charge is 0.477 e. The van der Waals surface area contributed by atoms with Crippen LogP contribution in [0.3, 0.4) is 0 Å². The van der Waals surface area contributed by atoms with E-state index >= 15 is 0 Å². The Morgan fingerprint density at radius 3 is 3.00 bits per heavy atom. The van der Waals surface area contributed by atoms with Gasteiger partial charge in [0.15, 0.2) is 0 Å². The molecule has 0 aromatic heterocycles. The minimum absolute atomic E-state index is 0.461. The molecule has 2 nitrogen and oxygen atoms in total. The molecule has 108 valence electrons. The Balaban J connectivity index is 1.59. The number of hydrogen-bond acceptors (Lipinski definition) is 3. The molecule has 3 unspecified atom stereocenters. The molecule has 1 saturated heterocycles. The zero-order chi connectivity index (χ0) is 13.8. The van der Waals surface area contributed by atoms with Crippen LogP contribution in [0.2, 0.25) is 0 Å². The standard InChI is InChI=1S/C18H19NOS/c1-2-6-13-12(5-1)9-10-14-17(13)20-11-19-15-7-3-4-8-16(15)21-18(14)19/h3-4,7-10,15-16,18H,1-2,5-6,11H2. The molecule has 1 aromatic carbocycles. The van der Waals surface area contributed by atoms with Gasteiger partial charge in [-0.3, -0.25) is 0 Å². The van der Waals surface area contributed by atoms with Crippen LogP contribution >= 0.6 is 11.8 Å². The first-order valence-corrected chi connectivity index (χ1v) is 8.90. The normalized spacial score (nSPS) is 32.9. The highest BCUT2D eigenvalue weighted by atomic mass is 32.2. The third kappa shape index (κ3) is 1.77. The second-order valence-corrected chi connectivity index (χ2v) is 7.59. The van der Waals surface area contributed by atoms with E-state index in [1.165, 1.54) is 48.1 Å². The summed E-state index contributed by atoms with van der Waals surface area (Å²) < 4.78 is 6.24. The van der Waals surface area contributed by atoms with E-state index in [0.29, 0.717) is 16.7 Å². The number of benzene rings is 1. The molecule has 4 aliphatic rings. The van der Waals surface area contributed by atoms with Gasteiger partial charge in [0.05, 0.1) is 5.37 Å². The van der Waals surface area contributed by atoms with Gasteiger partial charge in [0.25, 0.3) is 0 Å². The van der Waals surface area contributed by atoms with E-state index in [1.54, 1.807) is 0 Å². The predicted molar refractivity (Wildman–Crippen MR) is 86.6 cm³/mol. The zero-order valence-electron chi connectivity index (χ0n) is 12.0. The van der Waals surface area contributed by atoms with Crippen molar-refractivity contribution >= 4 is 11.8 Å². The summed E-state index contributed by atoms with van der Waals surface area (Å²) in [5.74, 6) is 1.22. The Hall–Kier alpha value is -1.19. The molecule has 3 heteroatoms. The van der Waals surface area contributed by atoms with E-state index in [0.717, 1.165) is 6.73 Å². The van der Waals surface area contributed by atoms with Gasteiger partial charge in [-0.25, -0.2) is 4.90 Å². The lowest BCUT2D eigenvalue weighted by Gasteiger charge is -2.36. The van der Waals surface area contributed by atoms with Crippen LogP contribution < -0.4 is 4.74 Å². The van der Waals surface area contributed by atoms with Gasteiger partial charge in [-0.1, -0.05) is 36.4 Å². The highest BCUT2D eigenvalue weighted by Gasteiger charge is 2.44. The maximum Gasteiger partial charge on any atom is 0.143 e. The zero-order valence-corrected chi connectivity index (χ0v) is 12.8. The van der Waals surface area contributed by atoms with Crippen molar-refractivity contribution in [3.8, 4) is 5.75 Å². The molecule has 0 spiro atoms. The smallest absolute Gasteiger partial charge is 0.143 e. The number of fused-ring (bicyclic) bond motifs is 7. The van der Waals surface area contributed by atoms with Crippen LogP contribution in [0.1, 0.15) is 34.9 Å². The summed E-state index contributed by atoms with van der Waals surface area (Å²) in [6, 6.07) is 5.18. The minimum atomic E-state index is 0.461. The first-order chi connectivity index (χ1) is 10.4. The SMILES string of the molecule is C1=CC2SC3c4ccc5c(c4OCN3C2C=C1)CCCC5. The molecule has 2 aliphatic heterocycles. The summed E-state index contributed by atoms with van der Waals surface area (Å²) in [7, 11) is 0. The van der Waals surface area contributed by atoms with Gasteiger partial charge in [0.2, 0.25) is 0 Å². The second kappa shape index (κ2) is 4.65. The van der Waals surface area contributed by atoms with E-state index < -0.39 is 0 Å². The number of allylic oxidation sites excluding steroid dienone is 2. The monoisotopic (exact) mass is 297 g/mol. The van der Waals surface area contributed by atoms with E-state index in [2.05, 4.69) is 53.1 Å². The van der Waals surface area contributed by atoms with Gasteiger partial charge in [0, 0.05) is 16.9 Å². The van der Waals surface area contributed by atoms with Crippen molar-refractivity contribution in [2.75, 3.05) is 6.73 Å². The van der Waals surface area contributed by atoms with Crippen LogP contribution in [0.15, 0.2) is 36.4 Å². The molecule has 2 heterocycles. The number of hydrogen-bond donors (Lipinski definition) is 0. The van der Waals surface area contributed by atoms with Crippen LogP contribution in [0.25, 0.3) is 0 Å². The van der Waals surface area contributed by atoms with Crippen LogP contribution in [0.4, 0.5) is 0 Å². The van der Waals surface area contributed by atoms with Crippen molar-refractivity contribution in [1.82, 2.24) is 4.90 Å². The molecule has 2 aliphatic carbocycles. The molecule has 0 N–H and O–H groups in total. The summed E-state index contributed by atoms with van der Waals surface area (Å²) in [6.07, 6.45) is 14.1. The fourth-order valence-electron chi connectivity index (χ4n) is 4.11. The van der Waals surface area contributed by atoms with E-state index in [1.807, 2.05) is 0 Å². The lowest BCUT2D eigenvalue weighted by Crippen LogP contribution is -2.40. The molecule has 0 bridgehead atoms. The molecule has 0 amide bonds. The summed E-state index contributed by atoms with van der Waals surface area (Å²) >= 11 is 2.08. The van der Waals surface area contributed by atoms with Gasteiger partial charge >= 0.3 is 0 Å². The maximum absolute atomic E-state index is 6.24. The fourth-order valence-corrected chi connectivity index (χ4v) is 5.68. The Bertz CT molecular complexity index is 651. The van der Waals surface area contributed by atoms with Gasteiger partial charge in [-0.15, -0.1) is 11.8 Å². The first kappa shape index (κ1) is 12.4. The van der Waals surface area contributed by atoms with Crippen molar-refractivity contribution in [3.63, 3.8) is 0 Å². The molecule has 21 heavy (non-hydrogen) atoms. The summed E-state index contributed by atoms with van der Waals surface area (Å²) in [5, 5.41) is 1.04. The third-order valence-corrected chi connectivity index (χ3v) is 6.69. The number of ether oxygens (including phenoxy) is 1. The predicted octanol–water partition coefficient (Wildman–Crippen LogP) is 3.83. The van der Waals surface area contributed by atoms with Crippen LogP contribution in [-0.4, -0.2) is 22.9 Å². The van der Waals surface area contributed by atoms with Gasteiger partial charge < -0.3 is 4.74 Å². The molecule has 0 radical (unpaired) electrons. The van der Waals surface area contributed by atoms with E-state index in [-0.39, 0.29) is 0 Å². The lowest BCUT2D eigenvalue weighted by molar-refractivity contribution is 0.0791. The van der Waals surface area contributed by atoms with Gasteiger partial charge in [-0.2, -0.15) is 0 Å². The van der Waals surface area contributed by atoms with Gasteiger partial charge in [-0.05, 0) is 36.8 Å². The Kier molecular flexibility index (Phi) is 2.74. The number of nitrogens with zero attached hydrogens (tertiary/aromatic N) is 1. The summed E-state index contributed by atoms with van der Waals surface area (Å²) in [6.45, 7) is 0.737. The van der Waals surface area contributed by atoms with Crippen molar-refractivity contribution in [3.05, 3.63) is 53.1 Å². The van der Waals surface area contributed by atoms with Crippen LogP contribution in [0, 0.1) is 0 Å². The molecular weight excluding hydrogens is 278 g/mol. The van der Waals surface area contributed by atoms with Crippen LogP contribution in [0.5, 0.6) is 5.75 Å². The van der Waals surface area contributed by atoms with E-state index in [9.17, 15) is 0 Å². The fraction of sp³-hybridized carbons (Fsp3) is 0.444. The summed E-state index contributed by atoms with van der Waals surface area (Å²) in [4.78, 5) is 2.51. The average molecular weight is 297 g/mol. The lowest BCUT2D eigenvalue weighted by atomic mass is 9.88. The summed E-state index contributed by atoms with van der Waals surface area (Å²) in [5.41, 5.74) is 4.43. The van der Waals surface area contributed by atoms with Crippen molar-refractivity contribution in [2.45, 2.75) is 42.3 Å². The van der Waals surface area contributed by atoms with Crippen molar-refractivity contribution < 1.29 is 4.74 Å². The molecule has 5 rings (SSSR count). The topological polar surface area (TPSA) is 12.5 Å². The molecule has 1 fully saturated rings. The highest BCUT2D eigenvalue weighted by Crippen LogP contribution is 2.53. The average Bonchev–Trinajstić information content (AvgIpc) is 2.93. The maximum atomic E-state index is 6.24. The van der Waals surface area contributed by atoms with Gasteiger partial charge in [0.1, 0.15) is 12.5 Å². The number of aryl methyl sites for hydroxylation is 1. The third-order valence-electron chi connectivity index (χ3n) is 5.16. The highest BCUT2D eigenvalue weighted by molar-refractivity contribution is 8.00. The van der Waals surface area contributed by atoms with Crippen LogP contribution in [-0.2, 0) is 12.8 Å². The van der Waals surface area contributed by atoms with E-state index in [4.69, 9.17) is 4.74 Å². The minimum Gasteiger partial charge on any atom is -0.477 e. The second-order valence-electron chi connectivity index (χ2n) is 6.33. The van der Waals surface area contributed by atoms with Crippen molar-refractivity contribution in [2.24, 2.45) is 0 Å². The van der Waals surface area contributed by atoms with Crippen molar-refractivity contribution in [1.29, 1.82) is 0 Å². The molecule has 0 saturated carbocycles. The Labute approximate surface area is 129 Å². The first-order valence-electron chi connectivity index (χ1n) is 7.95. The molecule has 1 aromatic rings. The molecule has 3 atom stereocenters. The Morgan fingerprint density at radius 1 is 1.10 bits per heavy atom.